The average molecular weight is 300 g/mol. The van der Waals surface area contributed by atoms with Crippen molar-refractivity contribution in [2.45, 2.75) is 44.7 Å². The predicted octanol–water partition coefficient (Wildman–Crippen LogP) is 1.28. The number of benzene rings is 1. The van der Waals surface area contributed by atoms with Gasteiger partial charge < -0.3 is 10.6 Å². The molecule has 0 aliphatic carbocycles. The summed E-state index contributed by atoms with van der Waals surface area (Å²) < 4.78 is 0. The van der Waals surface area contributed by atoms with Crippen LogP contribution in [0.4, 0.5) is 0 Å². The molecule has 1 unspecified atom stereocenters. The van der Waals surface area contributed by atoms with Crippen LogP contribution in [0.3, 0.4) is 0 Å². The number of piperidine rings is 1. The Bertz CT molecular complexity index is 720. The zero-order valence-corrected chi connectivity index (χ0v) is 12.8. The third kappa shape index (κ3) is 2.95. The quantitative estimate of drug-likeness (QED) is 0.798. The van der Waals surface area contributed by atoms with Gasteiger partial charge in [-0.1, -0.05) is 12.1 Å². The fourth-order valence-corrected chi connectivity index (χ4v) is 2.92. The van der Waals surface area contributed by atoms with E-state index in [2.05, 4.69) is 20.8 Å². The minimum absolute atomic E-state index is 0.0342. The van der Waals surface area contributed by atoms with Crippen molar-refractivity contribution in [3.05, 3.63) is 30.0 Å². The molecule has 0 bridgehead atoms. The summed E-state index contributed by atoms with van der Waals surface area (Å²) in [6.07, 6.45) is 3.19. The van der Waals surface area contributed by atoms with Gasteiger partial charge in [-0.2, -0.15) is 5.10 Å². The molecule has 2 heterocycles. The molecule has 0 spiro atoms. The molecule has 2 aromatic rings. The Balaban J connectivity index is 1.65. The number of H-pyrrole nitrogens is 1. The Morgan fingerprint density at radius 3 is 3.05 bits per heavy atom. The largest absolute Gasteiger partial charge is 0.351 e. The van der Waals surface area contributed by atoms with Gasteiger partial charge in [-0.05, 0) is 31.9 Å². The molecule has 1 atom stereocenters. The Labute approximate surface area is 128 Å². The number of rotatable bonds is 3. The van der Waals surface area contributed by atoms with Crippen LogP contribution in [0, 0.1) is 0 Å². The number of nitrogens with zero attached hydrogens (tertiary/aromatic N) is 1. The zero-order valence-electron chi connectivity index (χ0n) is 12.8. The van der Waals surface area contributed by atoms with Crippen molar-refractivity contribution < 1.29 is 9.59 Å². The van der Waals surface area contributed by atoms with E-state index in [9.17, 15) is 9.59 Å². The number of amides is 2. The topological polar surface area (TPSA) is 86.9 Å². The van der Waals surface area contributed by atoms with Gasteiger partial charge in [0.2, 0.25) is 11.8 Å². The monoisotopic (exact) mass is 300 g/mol. The molecule has 1 aliphatic heterocycles. The van der Waals surface area contributed by atoms with Crippen molar-refractivity contribution in [1.29, 1.82) is 0 Å². The lowest BCUT2D eigenvalue weighted by atomic mass is 9.86. The Morgan fingerprint density at radius 1 is 1.45 bits per heavy atom. The normalized spacial score (nSPS) is 20.6. The van der Waals surface area contributed by atoms with E-state index >= 15 is 0 Å². The fraction of sp³-hybridized carbons (Fsp3) is 0.438. The maximum atomic E-state index is 12.3. The highest BCUT2D eigenvalue weighted by Gasteiger charge is 2.36. The summed E-state index contributed by atoms with van der Waals surface area (Å²) in [5.41, 5.74) is 1.45. The van der Waals surface area contributed by atoms with Crippen LogP contribution in [0.25, 0.3) is 10.9 Å². The van der Waals surface area contributed by atoms with Crippen molar-refractivity contribution in [3.8, 4) is 0 Å². The number of nitrogens with one attached hydrogen (secondary N) is 3. The van der Waals surface area contributed by atoms with Gasteiger partial charge in [-0.3, -0.25) is 14.7 Å². The standard InChI is InChI=1S/C16H20N4O2/c1-16(2)13(5-6-14(21)19-16)18-15(22)8-10-3-4-11-9-17-20-12(11)7-10/h3-4,7,9,13H,5-6,8H2,1-2H3,(H,17,20)(H,18,22)(H,19,21). The number of hydrogen-bond donors (Lipinski definition) is 3. The smallest absolute Gasteiger partial charge is 0.224 e. The van der Waals surface area contributed by atoms with Crippen molar-refractivity contribution in [3.63, 3.8) is 0 Å². The van der Waals surface area contributed by atoms with Crippen LogP contribution < -0.4 is 10.6 Å². The molecule has 2 amide bonds. The van der Waals surface area contributed by atoms with Crippen molar-refractivity contribution >= 4 is 22.7 Å². The van der Waals surface area contributed by atoms with E-state index in [1.807, 2.05) is 32.0 Å². The molecular formula is C16H20N4O2. The van der Waals surface area contributed by atoms with E-state index in [1.165, 1.54) is 0 Å². The number of aromatic nitrogens is 2. The highest BCUT2D eigenvalue weighted by Crippen LogP contribution is 2.20. The summed E-state index contributed by atoms with van der Waals surface area (Å²) in [5.74, 6) is 0.00767. The van der Waals surface area contributed by atoms with Gasteiger partial charge in [0.15, 0.2) is 0 Å². The number of aromatic amines is 1. The summed E-state index contributed by atoms with van der Waals surface area (Å²) in [6, 6.07) is 5.78. The third-order valence-electron chi connectivity index (χ3n) is 4.20. The zero-order chi connectivity index (χ0) is 15.7. The molecule has 1 aromatic carbocycles. The lowest BCUT2D eigenvalue weighted by Gasteiger charge is -2.39. The van der Waals surface area contributed by atoms with E-state index in [0.29, 0.717) is 19.3 Å². The Kier molecular flexibility index (Phi) is 3.60. The minimum atomic E-state index is -0.418. The summed E-state index contributed by atoms with van der Waals surface area (Å²) in [6.45, 7) is 3.87. The maximum Gasteiger partial charge on any atom is 0.224 e. The first-order valence-electron chi connectivity index (χ1n) is 7.46. The molecule has 22 heavy (non-hydrogen) atoms. The Morgan fingerprint density at radius 2 is 2.27 bits per heavy atom. The first-order valence-corrected chi connectivity index (χ1v) is 7.46. The molecule has 1 saturated heterocycles. The summed E-state index contributed by atoms with van der Waals surface area (Å²) in [5, 5.41) is 13.9. The van der Waals surface area contributed by atoms with Crippen molar-refractivity contribution in [2.75, 3.05) is 0 Å². The van der Waals surface area contributed by atoms with Gasteiger partial charge in [0.05, 0.1) is 29.7 Å². The number of hydrogen-bond acceptors (Lipinski definition) is 3. The lowest BCUT2D eigenvalue weighted by molar-refractivity contribution is -0.128. The van der Waals surface area contributed by atoms with Crippen LogP contribution in [-0.2, 0) is 16.0 Å². The predicted molar refractivity (Wildman–Crippen MR) is 83.2 cm³/mol. The molecule has 6 nitrogen and oxygen atoms in total. The minimum Gasteiger partial charge on any atom is -0.351 e. The molecule has 3 N–H and O–H groups in total. The van der Waals surface area contributed by atoms with Crippen LogP contribution in [-0.4, -0.2) is 33.6 Å². The van der Waals surface area contributed by atoms with Crippen LogP contribution in [0.5, 0.6) is 0 Å². The highest BCUT2D eigenvalue weighted by atomic mass is 16.2. The van der Waals surface area contributed by atoms with Gasteiger partial charge in [0.1, 0.15) is 0 Å². The van der Waals surface area contributed by atoms with Crippen LogP contribution in [0.1, 0.15) is 32.3 Å². The number of carbonyl (C=O) groups is 2. The maximum absolute atomic E-state index is 12.3. The number of carbonyl (C=O) groups excluding carboxylic acids is 2. The second-order valence-electron chi connectivity index (χ2n) is 6.40. The van der Waals surface area contributed by atoms with Gasteiger partial charge in [-0.15, -0.1) is 0 Å². The fourth-order valence-electron chi connectivity index (χ4n) is 2.92. The van der Waals surface area contributed by atoms with E-state index in [-0.39, 0.29) is 17.9 Å². The average Bonchev–Trinajstić information content (AvgIpc) is 2.89. The lowest BCUT2D eigenvalue weighted by Crippen LogP contribution is -2.62. The SMILES string of the molecule is CC1(C)NC(=O)CCC1NC(=O)Cc1ccc2cn[nH]c2c1. The van der Waals surface area contributed by atoms with Gasteiger partial charge in [0, 0.05) is 11.8 Å². The third-order valence-corrected chi connectivity index (χ3v) is 4.20. The van der Waals surface area contributed by atoms with Crippen LogP contribution in [0.2, 0.25) is 0 Å². The second kappa shape index (κ2) is 5.44. The van der Waals surface area contributed by atoms with Gasteiger partial charge in [0.25, 0.3) is 0 Å². The first-order chi connectivity index (χ1) is 10.4. The summed E-state index contributed by atoms with van der Waals surface area (Å²) >= 11 is 0. The van der Waals surface area contributed by atoms with Crippen LogP contribution in [0.15, 0.2) is 24.4 Å². The van der Waals surface area contributed by atoms with E-state index in [4.69, 9.17) is 0 Å². The molecule has 6 heteroatoms. The molecule has 0 saturated carbocycles. The number of fused-ring (bicyclic) bond motifs is 1. The van der Waals surface area contributed by atoms with Crippen molar-refractivity contribution in [2.24, 2.45) is 0 Å². The van der Waals surface area contributed by atoms with E-state index in [0.717, 1.165) is 16.5 Å². The van der Waals surface area contributed by atoms with Gasteiger partial charge in [-0.25, -0.2) is 0 Å². The molecule has 1 aromatic heterocycles. The van der Waals surface area contributed by atoms with E-state index < -0.39 is 5.54 Å². The van der Waals surface area contributed by atoms with Crippen LogP contribution >= 0.6 is 0 Å². The Hall–Kier alpha value is -2.37. The summed E-state index contributed by atoms with van der Waals surface area (Å²) in [4.78, 5) is 23.7. The van der Waals surface area contributed by atoms with Crippen molar-refractivity contribution in [1.82, 2.24) is 20.8 Å². The molecule has 116 valence electrons. The first kappa shape index (κ1) is 14.6. The van der Waals surface area contributed by atoms with Gasteiger partial charge >= 0.3 is 0 Å². The molecular weight excluding hydrogens is 280 g/mol. The molecule has 1 fully saturated rings. The molecule has 3 rings (SSSR count). The second-order valence-corrected chi connectivity index (χ2v) is 6.40. The molecule has 1 aliphatic rings. The summed E-state index contributed by atoms with van der Waals surface area (Å²) in [7, 11) is 0. The highest BCUT2D eigenvalue weighted by molar-refractivity contribution is 5.83. The molecule has 0 radical (unpaired) electrons. The van der Waals surface area contributed by atoms with E-state index in [1.54, 1.807) is 6.20 Å².